The number of aromatic nitrogens is 1. The summed E-state index contributed by atoms with van der Waals surface area (Å²) in [6, 6.07) is 9.17. The number of hydrogen-bond donors (Lipinski definition) is 0. The monoisotopic (exact) mass is 439 g/mol. The highest BCUT2D eigenvalue weighted by molar-refractivity contribution is 9.11. The molecule has 0 aliphatic rings. The van der Waals surface area contributed by atoms with Crippen molar-refractivity contribution in [2.45, 2.75) is 6.61 Å². The molecule has 130 valence electrons. The Morgan fingerprint density at radius 2 is 2.04 bits per heavy atom. The summed E-state index contributed by atoms with van der Waals surface area (Å²) in [6.07, 6.45) is 0. The number of esters is 1. The van der Waals surface area contributed by atoms with Crippen LogP contribution in [0.5, 0.6) is 11.5 Å². The topological polar surface area (TPSA) is 57.7 Å². The number of rotatable bonds is 6. The van der Waals surface area contributed by atoms with E-state index < -0.39 is 0 Å². The van der Waals surface area contributed by atoms with E-state index in [1.54, 1.807) is 20.3 Å². The van der Waals surface area contributed by atoms with Crippen molar-refractivity contribution in [2.24, 2.45) is 0 Å². The lowest BCUT2D eigenvalue weighted by Gasteiger charge is -2.10. The van der Waals surface area contributed by atoms with Crippen molar-refractivity contribution in [3.63, 3.8) is 0 Å². The van der Waals surface area contributed by atoms with Crippen LogP contribution in [0.3, 0.4) is 0 Å². The largest absolute Gasteiger partial charge is 0.493 e. The maximum Gasteiger partial charge on any atom is 0.348 e. The van der Waals surface area contributed by atoms with Gasteiger partial charge in [0, 0.05) is 5.38 Å². The van der Waals surface area contributed by atoms with Gasteiger partial charge in [0.1, 0.15) is 16.5 Å². The van der Waals surface area contributed by atoms with Crippen molar-refractivity contribution < 1.29 is 19.0 Å². The molecule has 5 nitrogen and oxygen atoms in total. The van der Waals surface area contributed by atoms with Crippen LogP contribution in [-0.4, -0.2) is 25.2 Å². The Morgan fingerprint density at radius 3 is 2.72 bits per heavy atom. The molecule has 3 aromatic rings. The number of benzene rings is 1. The third-order valence-electron chi connectivity index (χ3n) is 3.31. The summed E-state index contributed by atoms with van der Waals surface area (Å²) >= 11 is 6.12. The molecule has 1 aromatic carbocycles. The van der Waals surface area contributed by atoms with E-state index in [1.807, 2.05) is 29.6 Å². The van der Waals surface area contributed by atoms with Crippen LogP contribution in [0.15, 0.2) is 39.5 Å². The first-order valence-corrected chi connectivity index (χ1v) is 9.69. The molecule has 3 rings (SSSR count). The normalized spacial score (nSPS) is 10.5. The van der Waals surface area contributed by atoms with Crippen LogP contribution >= 0.6 is 38.6 Å². The first-order valence-electron chi connectivity index (χ1n) is 7.20. The van der Waals surface area contributed by atoms with Crippen molar-refractivity contribution in [1.82, 2.24) is 4.98 Å². The summed E-state index contributed by atoms with van der Waals surface area (Å²) in [5.74, 6) is 0.919. The molecule has 8 heteroatoms. The fraction of sp³-hybridized carbons (Fsp3) is 0.176. The van der Waals surface area contributed by atoms with E-state index in [-0.39, 0.29) is 12.6 Å². The minimum absolute atomic E-state index is 0.122. The minimum Gasteiger partial charge on any atom is -0.493 e. The maximum atomic E-state index is 12.0. The first-order chi connectivity index (χ1) is 12.1. The fourth-order valence-corrected chi connectivity index (χ4v) is 4.29. The van der Waals surface area contributed by atoms with Crippen molar-refractivity contribution in [3.05, 3.63) is 50.1 Å². The number of hydrogen-bond acceptors (Lipinski definition) is 7. The molecule has 0 unspecified atom stereocenters. The van der Waals surface area contributed by atoms with Crippen LogP contribution < -0.4 is 9.47 Å². The average molecular weight is 440 g/mol. The molecule has 0 aliphatic carbocycles. The van der Waals surface area contributed by atoms with E-state index in [0.717, 1.165) is 14.4 Å². The molecule has 0 aliphatic heterocycles. The number of halogens is 1. The predicted molar refractivity (Wildman–Crippen MR) is 102 cm³/mol. The van der Waals surface area contributed by atoms with Gasteiger partial charge in [-0.05, 0) is 40.2 Å². The molecule has 0 atom stereocenters. The molecule has 0 amide bonds. The van der Waals surface area contributed by atoms with Crippen LogP contribution in [0, 0.1) is 0 Å². The van der Waals surface area contributed by atoms with Gasteiger partial charge in [-0.15, -0.1) is 22.7 Å². The number of para-hydroxylation sites is 1. The summed E-state index contributed by atoms with van der Waals surface area (Å²) in [4.78, 5) is 17.1. The van der Waals surface area contributed by atoms with Gasteiger partial charge in [0.25, 0.3) is 0 Å². The van der Waals surface area contributed by atoms with Crippen LogP contribution in [0.1, 0.15) is 15.4 Å². The van der Waals surface area contributed by atoms with E-state index in [1.165, 1.54) is 22.7 Å². The number of thiazole rings is 1. The van der Waals surface area contributed by atoms with Gasteiger partial charge in [0.05, 0.1) is 29.3 Å². The van der Waals surface area contributed by atoms with Crippen molar-refractivity contribution >= 4 is 44.6 Å². The van der Waals surface area contributed by atoms with Crippen LogP contribution in [-0.2, 0) is 11.3 Å². The molecule has 25 heavy (non-hydrogen) atoms. The first kappa shape index (κ1) is 17.9. The highest BCUT2D eigenvalue weighted by Gasteiger charge is 2.16. The van der Waals surface area contributed by atoms with Crippen molar-refractivity contribution in [2.75, 3.05) is 14.2 Å². The zero-order chi connectivity index (χ0) is 17.8. The van der Waals surface area contributed by atoms with Gasteiger partial charge in [-0.1, -0.05) is 6.07 Å². The summed E-state index contributed by atoms with van der Waals surface area (Å²) in [6.45, 7) is 0.122. The third-order valence-corrected chi connectivity index (χ3v) is 5.84. The Labute approximate surface area is 161 Å². The van der Waals surface area contributed by atoms with Gasteiger partial charge >= 0.3 is 5.97 Å². The number of carbonyl (C=O) groups excluding carboxylic acids is 1. The number of nitrogens with zero attached hydrogens (tertiary/aromatic N) is 1. The number of ether oxygens (including phenoxy) is 3. The molecule has 0 saturated heterocycles. The van der Waals surface area contributed by atoms with Gasteiger partial charge in [-0.3, -0.25) is 0 Å². The minimum atomic E-state index is -0.357. The van der Waals surface area contributed by atoms with Crippen LogP contribution in [0.4, 0.5) is 0 Å². The lowest BCUT2D eigenvalue weighted by Crippen LogP contribution is -2.03. The Bertz CT molecular complexity index is 890. The quantitative estimate of drug-likeness (QED) is 0.505. The molecule has 2 aromatic heterocycles. The van der Waals surface area contributed by atoms with Crippen molar-refractivity contribution in [1.29, 1.82) is 0 Å². The maximum absolute atomic E-state index is 12.0. The van der Waals surface area contributed by atoms with E-state index in [2.05, 4.69) is 20.9 Å². The van der Waals surface area contributed by atoms with Crippen molar-refractivity contribution in [3.8, 4) is 22.1 Å². The summed E-state index contributed by atoms with van der Waals surface area (Å²) in [5, 5.41) is 2.65. The second-order valence-electron chi connectivity index (χ2n) is 4.86. The molecule has 0 radical (unpaired) electrons. The Morgan fingerprint density at radius 1 is 1.20 bits per heavy atom. The molecule has 0 bridgehead atoms. The zero-order valence-corrected chi connectivity index (χ0v) is 16.7. The predicted octanol–water partition coefficient (Wildman–Crippen LogP) is 5.01. The summed E-state index contributed by atoms with van der Waals surface area (Å²) in [7, 11) is 3.19. The van der Waals surface area contributed by atoms with E-state index in [9.17, 15) is 4.79 Å². The highest BCUT2D eigenvalue weighted by atomic mass is 79.9. The molecule has 0 fully saturated rings. The Kier molecular flexibility index (Phi) is 5.72. The standard InChI is InChI=1S/C17H14BrNO4S2/c1-21-12-5-3-4-11(15(12)22-2)16-19-10(9-24-16)8-23-17(20)13-6-7-14(18)25-13/h3-7,9H,8H2,1-2H3. The number of methoxy groups -OCH3 is 2. The van der Waals surface area contributed by atoms with E-state index in [4.69, 9.17) is 14.2 Å². The zero-order valence-electron chi connectivity index (χ0n) is 13.4. The highest BCUT2D eigenvalue weighted by Crippen LogP contribution is 2.39. The fourth-order valence-electron chi connectivity index (χ4n) is 2.19. The van der Waals surface area contributed by atoms with Crippen LogP contribution in [0.2, 0.25) is 0 Å². The average Bonchev–Trinajstić information content (AvgIpc) is 3.28. The smallest absolute Gasteiger partial charge is 0.348 e. The summed E-state index contributed by atoms with van der Waals surface area (Å²) in [5.41, 5.74) is 1.53. The SMILES string of the molecule is COc1cccc(-c2nc(COC(=O)c3ccc(Br)s3)cs2)c1OC. The second kappa shape index (κ2) is 7.99. The van der Waals surface area contributed by atoms with Gasteiger partial charge in [-0.2, -0.15) is 0 Å². The molecular weight excluding hydrogens is 426 g/mol. The number of thiophene rings is 1. The third kappa shape index (κ3) is 4.02. The molecule has 2 heterocycles. The summed E-state index contributed by atoms with van der Waals surface area (Å²) < 4.78 is 17.0. The van der Waals surface area contributed by atoms with Gasteiger partial charge in [0.15, 0.2) is 11.5 Å². The molecule has 0 N–H and O–H groups in total. The number of carbonyl (C=O) groups is 1. The van der Waals surface area contributed by atoms with Gasteiger partial charge < -0.3 is 14.2 Å². The molecule has 0 spiro atoms. The van der Waals surface area contributed by atoms with E-state index >= 15 is 0 Å². The van der Waals surface area contributed by atoms with Crippen LogP contribution in [0.25, 0.3) is 10.6 Å². The van der Waals surface area contributed by atoms with Gasteiger partial charge in [-0.25, -0.2) is 9.78 Å². The molecular formula is C17H14BrNO4S2. The Balaban J connectivity index is 1.74. The lowest BCUT2D eigenvalue weighted by atomic mass is 10.2. The lowest BCUT2D eigenvalue weighted by molar-refractivity contribution is 0.0474. The van der Waals surface area contributed by atoms with Gasteiger partial charge in [0.2, 0.25) is 0 Å². The second-order valence-corrected chi connectivity index (χ2v) is 8.19. The molecule has 0 saturated carbocycles. The Hall–Kier alpha value is -1.90. The van der Waals surface area contributed by atoms with E-state index in [0.29, 0.717) is 22.1 Å².